The summed E-state index contributed by atoms with van der Waals surface area (Å²) >= 11 is 0. The largest absolute Gasteiger partial charge is 0.314 e. The van der Waals surface area contributed by atoms with E-state index in [0.717, 1.165) is 6.04 Å². The zero-order chi connectivity index (χ0) is 13.2. The fourth-order valence-electron chi connectivity index (χ4n) is 2.91. The second-order valence-electron chi connectivity index (χ2n) is 6.13. The van der Waals surface area contributed by atoms with Gasteiger partial charge in [0.15, 0.2) is 0 Å². The molecule has 18 heavy (non-hydrogen) atoms. The van der Waals surface area contributed by atoms with Gasteiger partial charge in [-0.2, -0.15) is 0 Å². The molecule has 2 nitrogen and oxygen atoms in total. The van der Waals surface area contributed by atoms with Gasteiger partial charge in [0, 0.05) is 12.1 Å². The van der Waals surface area contributed by atoms with Crippen LogP contribution in [0.5, 0.6) is 0 Å². The Bertz CT molecular complexity index is 186. The summed E-state index contributed by atoms with van der Waals surface area (Å²) < 4.78 is 0. The van der Waals surface area contributed by atoms with E-state index in [4.69, 9.17) is 0 Å². The Morgan fingerprint density at radius 3 is 2.33 bits per heavy atom. The van der Waals surface area contributed by atoms with Crippen LogP contribution >= 0.6 is 0 Å². The first-order valence-electron chi connectivity index (χ1n) is 8.21. The first-order chi connectivity index (χ1) is 8.74. The van der Waals surface area contributed by atoms with Crippen LogP contribution in [0.25, 0.3) is 0 Å². The third kappa shape index (κ3) is 6.75. The third-order valence-electron chi connectivity index (χ3n) is 4.19. The van der Waals surface area contributed by atoms with Crippen molar-refractivity contribution in [2.45, 2.75) is 84.2 Å². The fourth-order valence-corrected chi connectivity index (χ4v) is 2.91. The second-order valence-corrected chi connectivity index (χ2v) is 6.13. The summed E-state index contributed by atoms with van der Waals surface area (Å²) in [5.41, 5.74) is 0. The van der Waals surface area contributed by atoms with Gasteiger partial charge in [0.2, 0.25) is 0 Å². The third-order valence-corrected chi connectivity index (χ3v) is 4.19. The van der Waals surface area contributed by atoms with Crippen molar-refractivity contribution in [2.75, 3.05) is 19.6 Å². The summed E-state index contributed by atoms with van der Waals surface area (Å²) in [6.45, 7) is 10.7. The molecule has 0 bridgehead atoms. The van der Waals surface area contributed by atoms with Crippen molar-refractivity contribution in [3.63, 3.8) is 0 Å². The van der Waals surface area contributed by atoms with Crippen LogP contribution < -0.4 is 5.32 Å². The molecule has 0 unspecified atom stereocenters. The quantitative estimate of drug-likeness (QED) is 0.596. The summed E-state index contributed by atoms with van der Waals surface area (Å²) in [7, 11) is 0. The van der Waals surface area contributed by atoms with Crippen molar-refractivity contribution in [2.24, 2.45) is 0 Å². The highest BCUT2D eigenvalue weighted by atomic mass is 15.1. The molecule has 0 aliphatic heterocycles. The van der Waals surface area contributed by atoms with Crippen molar-refractivity contribution in [1.82, 2.24) is 10.2 Å². The first kappa shape index (κ1) is 16.0. The van der Waals surface area contributed by atoms with E-state index in [1.54, 1.807) is 0 Å². The Kier molecular flexibility index (Phi) is 8.70. The lowest BCUT2D eigenvalue weighted by atomic mass is 10.2. The average molecular weight is 254 g/mol. The molecule has 0 saturated heterocycles. The van der Waals surface area contributed by atoms with Crippen LogP contribution in [0.2, 0.25) is 0 Å². The van der Waals surface area contributed by atoms with Gasteiger partial charge in [-0.05, 0) is 59.2 Å². The van der Waals surface area contributed by atoms with Gasteiger partial charge >= 0.3 is 0 Å². The van der Waals surface area contributed by atoms with Crippen molar-refractivity contribution in [3.05, 3.63) is 0 Å². The zero-order valence-corrected chi connectivity index (χ0v) is 12.9. The molecule has 1 N–H and O–H groups in total. The van der Waals surface area contributed by atoms with E-state index >= 15 is 0 Å². The number of hydrogen-bond acceptors (Lipinski definition) is 2. The summed E-state index contributed by atoms with van der Waals surface area (Å²) in [5, 5.41) is 3.72. The SMILES string of the molecule is CCCCCN(CCCNC1CCCC1)C(C)C. The van der Waals surface area contributed by atoms with Gasteiger partial charge in [-0.1, -0.05) is 32.6 Å². The summed E-state index contributed by atoms with van der Waals surface area (Å²) in [6, 6.07) is 1.53. The van der Waals surface area contributed by atoms with Crippen LogP contribution in [0, 0.1) is 0 Å². The molecular formula is C16H34N2. The van der Waals surface area contributed by atoms with Crippen LogP contribution in [-0.2, 0) is 0 Å². The highest BCUT2D eigenvalue weighted by Crippen LogP contribution is 2.17. The molecule has 0 radical (unpaired) electrons. The van der Waals surface area contributed by atoms with E-state index in [9.17, 15) is 0 Å². The highest BCUT2D eigenvalue weighted by Gasteiger charge is 2.14. The monoisotopic (exact) mass is 254 g/mol. The Labute approximate surface area is 115 Å². The topological polar surface area (TPSA) is 15.3 Å². The number of nitrogens with zero attached hydrogens (tertiary/aromatic N) is 1. The number of unbranched alkanes of at least 4 members (excludes halogenated alkanes) is 2. The van der Waals surface area contributed by atoms with Crippen LogP contribution in [0.1, 0.15) is 72.1 Å². The van der Waals surface area contributed by atoms with E-state index in [0.29, 0.717) is 6.04 Å². The Morgan fingerprint density at radius 2 is 1.72 bits per heavy atom. The van der Waals surface area contributed by atoms with Crippen molar-refractivity contribution < 1.29 is 0 Å². The van der Waals surface area contributed by atoms with Crippen LogP contribution in [0.4, 0.5) is 0 Å². The first-order valence-corrected chi connectivity index (χ1v) is 8.21. The lowest BCUT2D eigenvalue weighted by molar-refractivity contribution is 0.213. The Balaban J connectivity index is 2.04. The molecule has 0 atom stereocenters. The van der Waals surface area contributed by atoms with Crippen molar-refractivity contribution >= 4 is 0 Å². The van der Waals surface area contributed by atoms with E-state index < -0.39 is 0 Å². The molecule has 2 heteroatoms. The van der Waals surface area contributed by atoms with E-state index in [1.165, 1.54) is 71.0 Å². The minimum atomic E-state index is 0.702. The van der Waals surface area contributed by atoms with E-state index in [-0.39, 0.29) is 0 Å². The predicted octanol–water partition coefficient (Wildman–Crippen LogP) is 3.81. The molecule has 0 aromatic carbocycles. The molecule has 1 fully saturated rings. The zero-order valence-electron chi connectivity index (χ0n) is 12.9. The molecular weight excluding hydrogens is 220 g/mol. The molecule has 0 aromatic heterocycles. The molecule has 1 aliphatic rings. The number of nitrogens with one attached hydrogen (secondary N) is 1. The normalized spacial score (nSPS) is 17.2. The predicted molar refractivity (Wildman–Crippen MR) is 81.1 cm³/mol. The van der Waals surface area contributed by atoms with Gasteiger partial charge in [0.1, 0.15) is 0 Å². The summed E-state index contributed by atoms with van der Waals surface area (Å²) in [5.74, 6) is 0. The van der Waals surface area contributed by atoms with Crippen LogP contribution in [0.3, 0.4) is 0 Å². The minimum absolute atomic E-state index is 0.702. The van der Waals surface area contributed by atoms with Gasteiger partial charge < -0.3 is 10.2 Å². The smallest absolute Gasteiger partial charge is 0.00670 e. The molecule has 1 rings (SSSR count). The van der Waals surface area contributed by atoms with Gasteiger partial charge in [0.25, 0.3) is 0 Å². The molecule has 0 amide bonds. The van der Waals surface area contributed by atoms with Gasteiger partial charge in [-0.25, -0.2) is 0 Å². The van der Waals surface area contributed by atoms with Crippen molar-refractivity contribution in [1.29, 1.82) is 0 Å². The highest BCUT2D eigenvalue weighted by molar-refractivity contribution is 4.73. The Hall–Kier alpha value is -0.0800. The Morgan fingerprint density at radius 1 is 1.06 bits per heavy atom. The van der Waals surface area contributed by atoms with Gasteiger partial charge in [0.05, 0.1) is 0 Å². The molecule has 108 valence electrons. The lowest BCUT2D eigenvalue weighted by Gasteiger charge is -2.26. The summed E-state index contributed by atoms with van der Waals surface area (Å²) in [4.78, 5) is 2.64. The van der Waals surface area contributed by atoms with E-state index in [2.05, 4.69) is 31.0 Å². The lowest BCUT2D eigenvalue weighted by Crippen LogP contribution is -2.35. The fraction of sp³-hybridized carbons (Fsp3) is 1.00. The maximum absolute atomic E-state index is 3.72. The average Bonchev–Trinajstić information content (AvgIpc) is 2.85. The van der Waals surface area contributed by atoms with Crippen LogP contribution in [0.15, 0.2) is 0 Å². The maximum atomic E-state index is 3.72. The van der Waals surface area contributed by atoms with Crippen molar-refractivity contribution in [3.8, 4) is 0 Å². The number of rotatable bonds is 10. The van der Waals surface area contributed by atoms with Crippen LogP contribution in [-0.4, -0.2) is 36.6 Å². The second kappa shape index (κ2) is 9.80. The minimum Gasteiger partial charge on any atom is -0.314 e. The van der Waals surface area contributed by atoms with Gasteiger partial charge in [-0.3, -0.25) is 0 Å². The molecule has 0 aromatic rings. The standard InChI is InChI=1S/C16H34N2/c1-4-5-8-13-18(15(2)3)14-9-12-17-16-10-6-7-11-16/h15-17H,4-14H2,1-3H3. The maximum Gasteiger partial charge on any atom is 0.00670 e. The van der Waals surface area contributed by atoms with Gasteiger partial charge in [-0.15, -0.1) is 0 Å². The molecule has 0 heterocycles. The van der Waals surface area contributed by atoms with E-state index in [1.807, 2.05) is 0 Å². The molecule has 1 saturated carbocycles. The summed E-state index contributed by atoms with van der Waals surface area (Å²) in [6.07, 6.45) is 11.1. The number of hydrogen-bond donors (Lipinski definition) is 1. The molecule has 1 aliphatic carbocycles. The molecule has 0 spiro atoms.